The van der Waals surface area contributed by atoms with Crippen LogP contribution in [0.3, 0.4) is 0 Å². The van der Waals surface area contributed by atoms with Gasteiger partial charge in [-0.2, -0.15) is 8.78 Å². The zero-order valence-electron chi connectivity index (χ0n) is 10.7. The zero-order valence-corrected chi connectivity index (χ0v) is 12.2. The minimum Gasteiger partial charge on any atom is -0.435 e. The van der Waals surface area contributed by atoms with Crippen LogP contribution in [0.4, 0.5) is 8.78 Å². The highest BCUT2D eigenvalue weighted by molar-refractivity contribution is 6.36. The zero-order chi connectivity index (χ0) is 15.4. The maximum Gasteiger partial charge on any atom is 0.387 e. The highest BCUT2D eigenvalue weighted by Crippen LogP contribution is 2.26. The third-order valence-electron chi connectivity index (χ3n) is 2.80. The van der Waals surface area contributed by atoms with Gasteiger partial charge in [-0.1, -0.05) is 29.3 Å². The molecule has 0 heterocycles. The van der Waals surface area contributed by atoms with Crippen LogP contribution in [0.25, 0.3) is 0 Å². The fourth-order valence-corrected chi connectivity index (χ4v) is 2.32. The summed E-state index contributed by atoms with van der Waals surface area (Å²) in [5.41, 5.74) is 0.909. The molecular formula is C15H10Cl2F2O2. The van der Waals surface area contributed by atoms with Gasteiger partial charge in [0.05, 0.1) is 0 Å². The maximum absolute atomic E-state index is 12.1. The lowest BCUT2D eigenvalue weighted by molar-refractivity contribution is -0.0498. The van der Waals surface area contributed by atoms with E-state index in [1.807, 2.05) is 0 Å². The first-order valence-electron chi connectivity index (χ1n) is 5.98. The molecule has 0 aliphatic rings. The quantitative estimate of drug-likeness (QED) is 0.719. The number of hydrogen-bond acceptors (Lipinski definition) is 2. The molecule has 0 aliphatic carbocycles. The van der Waals surface area contributed by atoms with Crippen molar-refractivity contribution in [1.29, 1.82) is 0 Å². The maximum atomic E-state index is 12.1. The molecule has 0 unspecified atom stereocenters. The van der Waals surface area contributed by atoms with E-state index in [4.69, 9.17) is 23.2 Å². The van der Waals surface area contributed by atoms with Gasteiger partial charge in [-0.05, 0) is 42.0 Å². The van der Waals surface area contributed by atoms with Crippen molar-refractivity contribution >= 4 is 29.0 Å². The Bertz CT molecular complexity index is 622. The number of ketones is 1. The van der Waals surface area contributed by atoms with E-state index in [9.17, 15) is 13.6 Å². The summed E-state index contributed by atoms with van der Waals surface area (Å²) in [6, 6.07) is 10.5. The van der Waals surface area contributed by atoms with Crippen LogP contribution in [0.2, 0.25) is 10.0 Å². The van der Waals surface area contributed by atoms with E-state index in [-0.39, 0.29) is 18.0 Å². The summed E-state index contributed by atoms with van der Waals surface area (Å²) in [5.74, 6) is -0.217. The van der Waals surface area contributed by atoms with Gasteiger partial charge in [-0.25, -0.2) is 0 Å². The minimum atomic E-state index is -2.89. The van der Waals surface area contributed by atoms with Crippen LogP contribution in [0.5, 0.6) is 5.75 Å². The SMILES string of the molecule is O=C(Cc1c(Cl)cccc1Cl)c1ccc(OC(F)F)cc1. The summed E-state index contributed by atoms with van der Waals surface area (Å²) in [5, 5.41) is 0.821. The van der Waals surface area contributed by atoms with Crippen molar-refractivity contribution < 1.29 is 18.3 Å². The Morgan fingerprint density at radius 2 is 1.62 bits per heavy atom. The molecule has 0 aliphatic heterocycles. The molecule has 2 aromatic carbocycles. The van der Waals surface area contributed by atoms with Crippen LogP contribution in [0.15, 0.2) is 42.5 Å². The summed E-state index contributed by atoms with van der Waals surface area (Å²) in [7, 11) is 0. The third-order valence-corrected chi connectivity index (χ3v) is 3.51. The van der Waals surface area contributed by atoms with Crippen LogP contribution in [0.1, 0.15) is 15.9 Å². The summed E-state index contributed by atoms with van der Waals surface area (Å²) >= 11 is 12.0. The topological polar surface area (TPSA) is 26.3 Å². The van der Waals surface area contributed by atoms with Crippen molar-refractivity contribution in [2.75, 3.05) is 0 Å². The molecule has 0 saturated carbocycles. The van der Waals surface area contributed by atoms with Crippen LogP contribution in [-0.4, -0.2) is 12.4 Å². The average Bonchev–Trinajstić information content (AvgIpc) is 2.43. The van der Waals surface area contributed by atoms with Gasteiger partial charge in [-0.3, -0.25) is 4.79 Å². The van der Waals surface area contributed by atoms with Gasteiger partial charge in [-0.15, -0.1) is 0 Å². The fraction of sp³-hybridized carbons (Fsp3) is 0.133. The second-order valence-corrected chi connectivity index (χ2v) is 5.02. The number of halogens is 4. The van der Waals surface area contributed by atoms with E-state index in [1.54, 1.807) is 18.2 Å². The van der Waals surface area contributed by atoms with Gasteiger partial charge in [0.1, 0.15) is 5.75 Å². The highest BCUT2D eigenvalue weighted by Gasteiger charge is 2.13. The smallest absolute Gasteiger partial charge is 0.387 e. The number of carbonyl (C=O) groups is 1. The van der Waals surface area contributed by atoms with Crippen LogP contribution < -0.4 is 4.74 Å². The molecule has 0 bridgehead atoms. The second kappa shape index (κ2) is 6.87. The van der Waals surface area contributed by atoms with Crippen molar-refractivity contribution in [2.24, 2.45) is 0 Å². The molecule has 0 spiro atoms. The summed E-state index contributed by atoms with van der Waals surface area (Å²) in [6.45, 7) is -2.89. The van der Waals surface area contributed by atoms with Gasteiger partial charge in [0, 0.05) is 22.0 Å². The lowest BCUT2D eigenvalue weighted by atomic mass is 10.0. The number of hydrogen-bond donors (Lipinski definition) is 0. The molecule has 2 rings (SSSR count). The Labute approximate surface area is 130 Å². The van der Waals surface area contributed by atoms with Gasteiger partial charge >= 0.3 is 6.61 Å². The van der Waals surface area contributed by atoms with Crippen molar-refractivity contribution in [1.82, 2.24) is 0 Å². The first kappa shape index (κ1) is 15.7. The summed E-state index contributed by atoms with van der Waals surface area (Å²) in [6.07, 6.45) is 0.0353. The van der Waals surface area contributed by atoms with Gasteiger partial charge in [0.25, 0.3) is 0 Å². The molecule has 2 nitrogen and oxygen atoms in total. The number of rotatable bonds is 5. The number of ether oxygens (including phenoxy) is 1. The molecule has 0 radical (unpaired) electrons. The van der Waals surface area contributed by atoms with Crippen molar-refractivity contribution in [3.05, 3.63) is 63.6 Å². The molecule has 0 aromatic heterocycles. The van der Waals surface area contributed by atoms with Gasteiger partial charge in [0.2, 0.25) is 0 Å². The van der Waals surface area contributed by atoms with Crippen LogP contribution in [0, 0.1) is 0 Å². The van der Waals surface area contributed by atoms with Crippen molar-refractivity contribution in [3.8, 4) is 5.75 Å². The monoisotopic (exact) mass is 330 g/mol. The summed E-state index contributed by atoms with van der Waals surface area (Å²) < 4.78 is 28.3. The van der Waals surface area contributed by atoms with E-state index in [2.05, 4.69) is 4.74 Å². The standard InChI is InChI=1S/C15H10Cl2F2O2/c16-12-2-1-3-13(17)11(12)8-14(20)9-4-6-10(7-5-9)21-15(18)19/h1-7,15H,8H2. The number of carbonyl (C=O) groups excluding carboxylic acids is 1. The van der Waals surface area contributed by atoms with Crippen LogP contribution in [-0.2, 0) is 6.42 Å². The third kappa shape index (κ3) is 4.16. The largest absolute Gasteiger partial charge is 0.435 e. The molecule has 2 aromatic rings. The van der Waals surface area contributed by atoms with E-state index in [1.165, 1.54) is 24.3 Å². The summed E-state index contributed by atoms with van der Waals surface area (Å²) in [4.78, 5) is 12.1. The predicted octanol–water partition coefficient (Wildman–Crippen LogP) is 5.02. The Morgan fingerprint density at radius 3 is 2.14 bits per heavy atom. The van der Waals surface area contributed by atoms with E-state index < -0.39 is 6.61 Å². The molecule has 0 fully saturated rings. The van der Waals surface area contributed by atoms with Crippen LogP contribution >= 0.6 is 23.2 Å². The minimum absolute atomic E-state index is 0.00248. The first-order chi connectivity index (χ1) is 9.97. The Balaban J connectivity index is 2.13. The van der Waals surface area contributed by atoms with Gasteiger partial charge < -0.3 is 4.74 Å². The Morgan fingerprint density at radius 1 is 1.05 bits per heavy atom. The second-order valence-electron chi connectivity index (χ2n) is 4.20. The molecule has 0 atom stereocenters. The van der Waals surface area contributed by atoms with Crippen molar-refractivity contribution in [2.45, 2.75) is 13.0 Å². The van der Waals surface area contributed by atoms with Gasteiger partial charge in [0.15, 0.2) is 5.78 Å². The molecule has 0 saturated heterocycles. The molecule has 21 heavy (non-hydrogen) atoms. The van der Waals surface area contributed by atoms with E-state index in [0.717, 1.165) is 0 Å². The number of alkyl halides is 2. The molecule has 0 amide bonds. The predicted molar refractivity (Wildman–Crippen MR) is 77.6 cm³/mol. The average molecular weight is 331 g/mol. The van der Waals surface area contributed by atoms with E-state index in [0.29, 0.717) is 21.2 Å². The lowest BCUT2D eigenvalue weighted by Crippen LogP contribution is -2.06. The lowest BCUT2D eigenvalue weighted by Gasteiger charge is -2.07. The first-order valence-corrected chi connectivity index (χ1v) is 6.74. The molecule has 110 valence electrons. The van der Waals surface area contributed by atoms with E-state index >= 15 is 0 Å². The highest BCUT2D eigenvalue weighted by atomic mass is 35.5. The molecule has 6 heteroatoms. The Hall–Kier alpha value is -1.65. The normalized spacial score (nSPS) is 10.7. The van der Waals surface area contributed by atoms with Crippen molar-refractivity contribution in [3.63, 3.8) is 0 Å². The number of benzene rings is 2. The molecular weight excluding hydrogens is 321 g/mol. The molecule has 0 N–H and O–H groups in total. The number of Topliss-reactive ketones (excluding diaryl/α,β-unsaturated/α-hetero) is 1. The Kier molecular flexibility index (Phi) is 5.15. The fourth-order valence-electron chi connectivity index (χ4n) is 1.79.